The van der Waals surface area contributed by atoms with Crippen LogP contribution in [0, 0.1) is 5.82 Å². The van der Waals surface area contributed by atoms with Crippen molar-refractivity contribution in [2.45, 2.75) is 24.8 Å². The van der Waals surface area contributed by atoms with Crippen molar-refractivity contribution in [1.82, 2.24) is 20.0 Å². The number of rotatable bonds is 5. The highest BCUT2D eigenvalue weighted by Crippen LogP contribution is 2.39. The molecule has 3 heterocycles. The van der Waals surface area contributed by atoms with E-state index in [9.17, 15) is 18.0 Å². The van der Waals surface area contributed by atoms with Gasteiger partial charge in [-0.25, -0.2) is 18.2 Å². The standard InChI is InChI=1S/C22H20F3N4OP/c1-13-6-5-9-26-20(13)28-19(22(24,25)31)16-10-15(23)12-29-18(30)11-17(27-21(16)29)14-7-3-2-4-8-14/h2-12,19-20,26,28H,31H2,1H3. The van der Waals surface area contributed by atoms with Crippen LogP contribution in [-0.4, -0.2) is 21.2 Å². The van der Waals surface area contributed by atoms with Crippen LogP contribution < -0.4 is 16.2 Å². The van der Waals surface area contributed by atoms with Crippen molar-refractivity contribution >= 4 is 14.9 Å². The molecule has 0 amide bonds. The molecule has 0 radical (unpaired) electrons. The summed E-state index contributed by atoms with van der Waals surface area (Å²) in [5, 5.41) is 5.80. The second kappa shape index (κ2) is 8.29. The van der Waals surface area contributed by atoms with Crippen molar-refractivity contribution in [2.24, 2.45) is 0 Å². The molecule has 1 aliphatic rings. The Hall–Kier alpha value is -2.96. The number of aromatic nitrogens is 2. The van der Waals surface area contributed by atoms with Gasteiger partial charge in [0.15, 0.2) is 0 Å². The number of alkyl halides is 2. The highest BCUT2D eigenvalue weighted by atomic mass is 31.0. The zero-order chi connectivity index (χ0) is 22.2. The summed E-state index contributed by atoms with van der Waals surface area (Å²) in [6.45, 7) is 1.78. The van der Waals surface area contributed by atoms with Crippen LogP contribution in [-0.2, 0) is 0 Å². The largest absolute Gasteiger partial charge is 0.372 e. The molecule has 31 heavy (non-hydrogen) atoms. The topological polar surface area (TPSA) is 58.4 Å². The number of halogens is 3. The fourth-order valence-electron chi connectivity index (χ4n) is 3.50. The SMILES string of the molecule is CC1=CC=CNC1NC(c1cc(F)cn2c(=O)cc(-c3ccccc3)nc12)C(F)(F)P. The summed E-state index contributed by atoms with van der Waals surface area (Å²) in [5.41, 5.74) is -2.35. The lowest BCUT2D eigenvalue weighted by atomic mass is 10.1. The highest BCUT2D eigenvalue weighted by Gasteiger charge is 2.39. The maximum absolute atomic E-state index is 14.7. The summed E-state index contributed by atoms with van der Waals surface area (Å²) in [5.74, 6) is -0.816. The summed E-state index contributed by atoms with van der Waals surface area (Å²) < 4.78 is 44.8. The average Bonchev–Trinajstić information content (AvgIpc) is 2.73. The maximum Gasteiger partial charge on any atom is 0.278 e. The first-order chi connectivity index (χ1) is 14.7. The van der Waals surface area contributed by atoms with E-state index in [1.807, 2.05) is 6.07 Å². The van der Waals surface area contributed by atoms with Crippen LogP contribution in [0.5, 0.6) is 0 Å². The molecule has 9 heteroatoms. The van der Waals surface area contributed by atoms with Crippen molar-refractivity contribution in [2.75, 3.05) is 0 Å². The van der Waals surface area contributed by atoms with Gasteiger partial charge < -0.3 is 5.32 Å². The van der Waals surface area contributed by atoms with Gasteiger partial charge in [-0.15, -0.1) is 0 Å². The predicted molar refractivity (Wildman–Crippen MR) is 117 cm³/mol. The van der Waals surface area contributed by atoms with Crippen LogP contribution in [0.4, 0.5) is 13.2 Å². The Morgan fingerprint density at radius 2 is 2.00 bits per heavy atom. The minimum atomic E-state index is -3.36. The third-order valence-corrected chi connectivity index (χ3v) is 5.36. The van der Waals surface area contributed by atoms with Gasteiger partial charge in [0.05, 0.1) is 11.9 Å². The van der Waals surface area contributed by atoms with Crippen LogP contribution in [0.1, 0.15) is 18.5 Å². The first-order valence-corrected chi connectivity index (χ1v) is 10.1. The number of hydrogen-bond acceptors (Lipinski definition) is 4. The molecule has 4 rings (SSSR count). The van der Waals surface area contributed by atoms with E-state index in [1.165, 1.54) is 15.3 Å². The fraction of sp³-hybridized carbons (Fsp3) is 0.182. The Balaban J connectivity index is 1.91. The van der Waals surface area contributed by atoms with Gasteiger partial charge >= 0.3 is 0 Å². The number of fused-ring (bicyclic) bond motifs is 1. The first-order valence-electron chi connectivity index (χ1n) is 9.54. The second-order valence-corrected chi connectivity index (χ2v) is 8.07. The third kappa shape index (κ3) is 4.40. The second-order valence-electron chi connectivity index (χ2n) is 7.30. The molecule has 0 aliphatic carbocycles. The minimum Gasteiger partial charge on any atom is -0.372 e. The molecule has 0 saturated heterocycles. The zero-order valence-electron chi connectivity index (χ0n) is 16.5. The quantitative estimate of drug-likeness (QED) is 0.585. The molecule has 3 atom stereocenters. The van der Waals surface area contributed by atoms with Gasteiger partial charge in [0, 0.05) is 23.4 Å². The fourth-order valence-corrected chi connectivity index (χ4v) is 3.77. The maximum atomic E-state index is 14.7. The number of hydrogen-bond donors (Lipinski definition) is 2. The molecule has 0 fully saturated rings. The smallest absolute Gasteiger partial charge is 0.278 e. The van der Waals surface area contributed by atoms with E-state index in [0.717, 1.165) is 22.2 Å². The molecule has 5 nitrogen and oxygen atoms in total. The summed E-state index contributed by atoms with van der Waals surface area (Å²) in [6.07, 6.45) is 5.52. The van der Waals surface area contributed by atoms with Gasteiger partial charge in [-0.05, 0) is 30.8 Å². The molecule has 0 bridgehead atoms. The molecule has 2 N–H and O–H groups in total. The Morgan fingerprint density at radius 3 is 2.68 bits per heavy atom. The lowest BCUT2D eigenvalue weighted by Gasteiger charge is -2.32. The molecular formula is C22H20F3N4OP. The monoisotopic (exact) mass is 444 g/mol. The van der Waals surface area contributed by atoms with Gasteiger partial charge in [0.1, 0.15) is 17.5 Å². The number of dihydropyridines is 1. The number of allylic oxidation sites excluding steroid dienone is 2. The first kappa shape index (κ1) is 21.3. The zero-order valence-corrected chi connectivity index (χ0v) is 17.7. The molecule has 3 unspecified atom stereocenters. The highest BCUT2D eigenvalue weighted by molar-refractivity contribution is 7.18. The number of nitrogens with one attached hydrogen (secondary N) is 2. The van der Waals surface area contributed by atoms with E-state index in [0.29, 0.717) is 11.3 Å². The van der Waals surface area contributed by atoms with Crippen molar-refractivity contribution in [3.05, 3.63) is 94.3 Å². The van der Waals surface area contributed by atoms with Gasteiger partial charge in [0.2, 0.25) is 0 Å². The molecule has 0 spiro atoms. The average molecular weight is 444 g/mol. The summed E-state index contributed by atoms with van der Waals surface area (Å²) in [4.78, 5) is 17.2. The number of benzene rings is 1. The van der Waals surface area contributed by atoms with Gasteiger partial charge in [-0.1, -0.05) is 45.6 Å². The van der Waals surface area contributed by atoms with E-state index < -0.39 is 29.2 Å². The van der Waals surface area contributed by atoms with Crippen LogP contribution in [0.15, 0.2) is 77.4 Å². The molecule has 1 aromatic carbocycles. The molecule has 1 aliphatic heterocycles. The molecule has 160 valence electrons. The Morgan fingerprint density at radius 1 is 1.26 bits per heavy atom. The van der Waals surface area contributed by atoms with Crippen molar-refractivity contribution in [3.63, 3.8) is 0 Å². The summed E-state index contributed by atoms with van der Waals surface area (Å²) >= 11 is 0. The Labute approximate surface area is 178 Å². The van der Waals surface area contributed by atoms with Crippen LogP contribution in [0.25, 0.3) is 16.9 Å². The number of pyridine rings is 1. The molecule has 2 aromatic heterocycles. The van der Waals surface area contributed by atoms with E-state index >= 15 is 0 Å². The normalized spacial score (nSPS) is 17.3. The summed E-state index contributed by atoms with van der Waals surface area (Å²) in [6, 6.07) is 9.49. The van der Waals surface area contributed by atoms with Crippen molar-refractivity contribution in [1.29, 1.82) is 0 Å². The third-order valence-electron chi connectivity index (χ3n) is 5.03. The van der Waals surface area contributed by atoms with Crippen LogP contribution >= 0.6 is 9.24 Å². The lowest BCUT2D eigenvalue weighted by molar-refractivity contribution is 0.0528. The molecular weight excluding hydrogens is 424 g/mol. The molecule has 3 aromatic rings. The minimum absolute atomic E-state index is 0.0413. The van der Waals surface area contributed by atoms with Crippen molar-refractivity contribution in [3.8, 4) is 11.3 Å². The van der Waals surface area contributed by atoms with E-state index in [4.69, 9.17) is 0 Å². The number of nitrogens with zero attached hydrogens (tertiary/aromatic N) is 2. The van der Waals surface area contributed by atoms with Gasteiger partial charge in [-0.2, -0.15) is 0 Å². The Bertz CT molecular complexity index is 1240. The van der Waals surface area contributed by atoms with Gasteiger partial charge in [0.25, 0.3) is 11.2 Å². The molecule has 0 saturated carbocycles. The van der Waals surface area contributed by atoms with Crippen LogP contribution in [0.2, 0.25) is 0 Å². The summed E-state index contributed by atoms with van der Waals surface area (Å²) in [7, 11) is 1.49. The van der Waals surface area contributed by atoms with Crippen LogP contribution in [0.3, 0.4) is 0 Å². The van der Waals surface area contributed by atoms with Gasteiger partial charge in [-0.3, -0.25) is 14.5 Å². The van der Waals surface area contributed by atoms with E-state index in [-0.39, 0.29) is 11.2 Å². The van der Waals surface area contributed by atoms with E-state index in [1.54, 1.807) is 49.5 Å². The van der Waals surface area contributed by atoms with Crippen molar-refractivity contribution < 1.29 is 13.2 Å². The van der Waals surface area contributed by atoms with E-state index in [2.05, 4.69) is 15.6 Å². The predicted octanol–water partition coefficient (Wildman–Crippen LogP) is 3.99. The lowest BCUT2D eigenvalue weighted by Crippen LogP contribution is -2.47. The Kier molecular flexibility index (Phi) is 5.69.